The summed E-state index contributed by atoms with van der Waals surface area (Å²) in [6.45, 7) is 1.65. The number of piperazine rings is 1. The molecular formula is C33H39ClF3N5O5S. The highest BCUT2D eigenvalue weighted by molar-refractivity contribution is 8.22. The van der Waals surface area contributed by atoms with Gasteiger partial charge in [0.25, 0.3) is 5.92 Å². The molecule has 10 nitrogen and oxygen atoms in total. The molecule has 2 amide bonds. The Bertz CT molecular complexity index is 1630. The van der Waals surface area contributed by atoms with Crippen LogP contribution in [0.1, 0.15) is 54.4 Å². The van der Waals surface area contributed by atoms with Crippen molar-refractivity contribution in [3.05, 3.63) is 94.0 Å². The molecule has 0 spiro atoms. The van der Waals surface area contributed by atoms with Crippen LogP contribution in [-0.2, 0) is 17.1 Å². The fourth-order valence-corrected chi connectivity index (χ4v) is 8.48. The first-order valence-electron chi connectivity index (χ1n) is 15.5. The number of nitrogens with zero attached hydrogens (tertiary/aromatic N) is 3. The summed E-state index contributed by atoms with van der Waals surface area (Å²) < 4.78 is 67.6. The minimum atomic E-state index is -3.27. The second-order valence-corrected chi connectivity index (χ2v) is 15.0. The van der Waals surface area contributed by atoms with E-state index < -0.39 is 52.0 Å². The molecule has 5 rings (SSSR count). The summed E-state index contributed by atoms with van der Waals surface area (Å²) in [7, 11) is -1.79. The van der Waals surface area contributed by atoms with Gasteiger partial charge >= 0.3 is 6.09 Å². The molecule has 5 atom stereocenters. The average Bonchev–Trinajstić information content (AvgIpc) is 3.15. The number of nitrogens with one attached hydrogen (secondary N) is 2. The number of rotatable bonds is 10. The molecular weight excluding hydrogens is 671 g/mol. The van der Waals surface area contributed by atoms with Crippen molar-refractivity contribution in [2.75, 3.05) is 31.2 Å². The fourth-order valence-electron chi connectivity index (χ4n) is 6.49. The van der Waals surface area contributed by atoms with Crippen LogP contribution in [0.15, 0.2) is 60.9 Å². The molecule has 2 fully saturated rings. The predicted octanol–water partition coefficient (Wildman–Crippen LogP) is 6.77. The minimum absolute atomic E-state index is 0.106. The van der Waals surface area contributed by atoms with Crippen molar-refractivity contribution >= 4 is 40.1 Å². The molecule has 0 aliphatic carbocycles. The lowest BCUT2D eigenvalue weighted by Gasteiger charge is -2.49. The molecule has 3 heterocycles. The summed E-state index contributed by atoms with van der Waals surface area (Å²) in [6.07, 6.45) is 2.82. The first-order chi connectivity index (χ1) is 22.7. The second-order valence-electron chi connectivity index (χ2n) is 12.4. The van der Waals surface area contributed by atoms with Gasteiger partial charge in [-0.3, -0.25) is 23.8 Å². The number of benzene rings is 2. The number of halogens is 4. The van der Waals surface area contributed by atoms with Gasteiger partial charge in [0.2, 0.25) is 5.91 Å². The maximum absolute atomic E-state index is 15.4. The van der Waals surface area contributed by atoms with Crippen LogP contribution in [0, 0.1) is 5.82 Å². The Morgan fingerprint density at radius 2 is 1.92 bits per heavy atom. The van der Waals surface area contributed by atoms with Crippen LogP contribution in [0.3, 0.4) is 0 Å². The van der Waals surface area contributed by atoms with Crippen LogP contribution in [0.4, 0.5) is 23.7 Å². The van der Waals surface area contributed by atoms with Gasteiger partial charge < -0.3 is 15.7 Å². The average molecular weight is 710 g/mol. The van der Waals surface area contributed by atoms with Crippen LogP contribution in [-0.4, -0.2) is 84.4 Å². The number of carbonyl (C=O) groups is 2. The van der Waals surface area contributed by atoms with Gasteiger partial charge in [0.15, 0.2) is 0 Å². The number of fused-ring (bicyclic) bond motifs is 2. The molecule has 15 heteroatoms. The van der Waals surface area contributed by atoms with Crippen molar-refractivity contribution in [3.8, 4) is 0 Å². The Labute approximate surface area is 283 Å². The minimum Gasteiger partial charge on any atom is -0.465 e. The summed E-state index contributed by atoms with van der Waals surface area (Å²) in [5.74, 6) is -5.55. The highest BCUT2D eigenvalue weighted by Crippen LogP contribution is 2.49. The second kappa shape index (κ2) is 14.6. The van der Waals surface area contributed by atoms with E-state index in [1.807, 2.05) is 0 Å². The van der Waals surface area contributed by atoms with E-state index in [9.17, 15) is 32.6 Å². The van der Waals surface area contributed by atoms with Gasteiger partial charge in [0.05, 0.1) is 5.75 Å². The van der Waals surface area contributed by atoms with Gasteiger partial charge in [-0.2, -0.15) is 0 Å². The molecule has 1 aromatic heterocycles. The molecule has 3 unspecified atom stereocenters. The highest BCUT2D eigenvalue weighted by atomic mass is 35.5. The van der Waals surface area contributed by atoms with Crippen LogP contribution >= 0.6 is 22.4 Å². The maximum Gasteiger partial charge on any atom is 0.407 e. The van der Waals surface area contributed by atoms with Gasteiger partial charge in [-0.15, -0.1) is 10.8 Å². The molecule has 3 aromatic rings. The van der Waals surface area contributed by atoms with Crippen LogP contribution < -0.4 is 10.6 Å². The molecule has 260 valence electrons. The molecule has 5 N–H and O–H groups in total. The predicted molar refractivity (Wildman–Crippen MR) is 179 cm³/mol. The van der Waals surface area contributed by atoms with Crippen molar-refractivity contribution in [3.63, 3.8) is 0 Å². The SMILES string of the molecule is CN(C(=O)O)[C@H](C(=O)Nc1cccc(F)c1CCC1CNC2CCCS(O)(O)N1C2)[C@@H](c1ccc(Cl)cc1)c1cncc(C(C)(F)F)c1. The van der Waals surface area contributed by atoms with Crippen molar-refractivity contribution in [1.82, 2.24) is 19.5 Å². The lowest BCUT2D eigenvalue weighted by molar-refractivity contribution is -0.120. The Kier molecular flexibility index (Phi) is 10.9. The normalized spacial score (nSPS) is 22.5. The van der Waals surface area contributed by atoms with Crippen LogP contribution in [0.25, 0.3) is 0 Å². The van der Waals surface area contributed by atoms with Crippen molar-refractivity contribution < 1.29 is 37.0 Å². The first-order valence-corrected chi connectivity index (χ1v) is 17.6. The molecule has 2 aliphatic rings. The van der Waals surface area contributed by atoms with Crippen molar-refractivity contribution in [1.29, 1.82) is 0 Å². The third-order valence-corrected chi connectivity index (χ3v) is 11.3. The number of alkyl halides is 2. The smallest absolute Gasteiger partial charge is 0.407 e. The van der Waals surface area contributed by atoms with Gasteiger partial charge in [0, 0.05) is 79.3 Å². The Morgan fingerprint density at radius 3 is 2.60 bits per heavy atom. The summed E-state index contributed by atoms with van der Waals surface area (Å²) in [5, 5.41) is 16.6. The van der Waals surface area contributed by atoms with E-state index in [1.165, 1.54) is 49.6 Å². The van der Waals surface area contributed by atoms with E-state index in [4.69, 9.17) is 11.6 Å². The third kappa shape index (κ3) is 8.07. The number of carboxylic acid groups (broad SMARTS) is 1. The summed E-state index contributed by atoms with van der Waals surface area (Å²) >= 11 is 6.12. The zero-order valence-corrected chi connectivity index (χ0v) is 28.0. The lowest BCUT2D eigenvalue weighted by atomic mass is 9.83. The zero-order chi connectivity index (χ0) is 34.8. The van der Waals surface area contributed by atoms with Gasteiger partial charge in [-0.25, -0.2) is 22.3 Å². The van der Waals surface area contributed by atoms with Gasteiger partial charge in [-0.1, -0.05) is 29.8 Å². The number of anilines is 1. The monoisotopic (exact) mass is 709 g/mol. The molecule has 0 saturated carbocycles. The number of hydrogen-bond donors (Lipinski definition) is 5. The summed E-state index contributed by atoms with van der Waals surface area (Å²) in [4.78, 5) is 31.4. The summed E-state index contributed by atoms with van der Waals surface area (Å²) in [6, 6.07) is 9.88. The molecule has 2 saturated heterocycles. The summed E-state index contributed by atoms with van der Waals surface area (Å²) in [5.41, 5.74) is 0.407. The number of likely N-dealkylation sites (N-methyl/N-ethyl adjacent to an activating group) is 1. The van der Waals surface area contributed by atoms with E-state index >= 15 is 4.39 Å². The van der Waals surface area contributed by atoms with E-state index in [-0.39, 0.29) is 41.1 Å². The molecule has 48 heavy (non-hydrogen) atoms. The van der Waals surface area contributed by atoms with Gasteiger partial charge in [-0.05, 0) is 67.1 Å². The van der Waals surface area contributed by atoms with Crippen LogP contribution in [0.2, 0.25) is 5.02 Å². The first kappa shape index (κ1) is 35.9. The van der Waals surface area contributed by atoms with Crippen LogP contribution in [0.5, 0.6) is 0 Å². The van der Waals surface area contributed by atoms with E-state index in [0.29, 0.717) is 43.4 Å². The maximum atomic E-state index is 15.4. The Morgan fingerprint density at radius 1 is 1.19 bits per heavy atom. The number of carbonyl (C=O) groups excluding carboxylic acids is 1. The lowest BCUT2D eigenvalue weighted by Crippen LogP contribution is -2.55. The molecule has 2 bridgehead atoms. The highest BCUT2D eigenvalue weighted by Gasteiger charge is 2.40. The molecule has 2 aromatic carbocycles. The fraction of sp³-hybridized carbons (Fsp3) is 0.424. The molecule has 2 aliphatic heterocycles. The number of hydrogen-bond acceptors (Lipinski definition) is 7. The number of aromatic nitrogens is 1. The van der Waals surface area contributed by atoms with Gasteiger partial charge in [0.1, 0.15) is 11.9 Å². The van der Waals surface area contributed by atoms with E-state index in [0.717, 1.165) is 17.5 Å². The topological polar surface area (TPSA) is 138 Å². The van der Waals surface area contributed by atoms with E-state index in [1.54, 1.807) is 16.4 Å². The van der Waals surface area contributed by atoms with Crippen molar-refractivity contribution in [2.24, 2.45) is 0 Å². The third-order valence-electron chi connectivity index (χ3n) is 9.06. The Balaban J connectivity index is 1.48. The number of pyridine rings is 1. The quantitative estimate of drug-likeness (QED) is 0.156. The standard InChI is InChI=1S/C33H39ClF3N5O5S/c1-33(36,37)22-15-21(16-38-17-22)29(20-8-10-23(34)11-9-20)30(41(2)32(44)45)31(43)40-28-7-3-6-27(35)26(28)13-12-25-18-39-24-5-4-14-48(46,47)42(25)19-24/h3,6-11,15-17,24-25,29-30,39,46-47H,4-5,12-14,18-19H2,1-2H3,(H,40,43)(H,44,45)/t24?,25?,29-,30-/m0/s1. The molecule has 0 radical (unpaired) electrons. The zero-order valence-electron chi connectivity index (χ0n) is 26.5. The van der Waals surface area contributed by atoms with Crippen molar-refractivity contribution in [2.45, 2.75) is 62.6 Å². The largest absolute Gasteiger partial charge is 0.465 e. The van der Waals surface area contributed by atoms with E-state index in [2.05, 4.69) is 15.6 Å². The Hall–Kier alpha value is -3.40. The number of amides is 2.